The van der Waals surface area contributed by atoms with Crippen LogP contribution >= 0.6 is 0 Å². The maximum atomic E-state index is 13.6. The SMILES string of the molecule is CC(C)(C)C(CC(=O)O)(c1ccc(F)cc1)c1ccnc(Cc2ccc(CN)cc2)n1. The van der Waals surface area contributed by atoms with Gasteiger partial charge < -0.3 is 10.8 Å². The molecule has 162 valence electrons. The highest BCUT2D eigenvalue weighted by molar-refractivity contribution is 5.70. The van der Waals surface area contributed by atoms with Crippen LogP contribution < -0.4 is 5.73 Å². The number of benzene rings is 2. The number of hydrogen-bond donors (Lipinski definition) is 2. The molecule has 2 aromatic carbocycles. The Bertz CT molecular complexity index is 1040. The minimum Gasteiger partial charge on any atom is -0.481 e. The number of rotatable bonds is 7. The van der Waals surface area contributed by atoms with Gasteiger partial charge in [-0.25, -0.2) is 14.4 Å². The van der Waals surface area contributed by atoms with Crippen LogP contribution in [-0.4, -0.2) is 21.0 Å². The van der Waals surface area contributed by atoms with Crippen LogP contribution in [0.15, 0.2) is 60.8 Å². The van der Waals surface area contributed by atoms with E-state index in [0.717, 1.165) is 11.1 Å². The van der Waals surface area contributed by atoms with Crippen molar-refractivity contribution in [2.45, 2.75) is 45.6 Å². The van der Waals surface area contributed by atoms with Crippen LogP contribution in [0.1, 0.15) is 55.4 Å². The highest BCUT2D eigenvalue weighted by Gasteiger charge is 2.48. The van der Waals surface area contributed by atoms with E-state index in [1.165, 1.54) is 12.1 Å². The molecule has 0 aliphatic rings. The second-order valence-corrected chi connectivity index (χ2v) is 8.79. The summed E-state index contributed by atoms with van der Waals surface area (Å²) in [5.41, 5.74) is 7.59. The first-order valence-corrected chi connectivity index (χ1v) is 10.2. The summed E-state index contributed by atoms with van der Waals surface area (Å²) in [6.07, 6.45) is 2.00. The van der Waals surface area contributed by atoms with Crippen LogP contribution in [0.25, 0.3) is 0 Å². The van der Waals surface area contributed by atoms with E-state index in [1.54, 1.807) is 24.4 Å². The lowest BCUT2D eigenvalue weighted by molar-refractivity contribution is -0.139. The van der Waals surface area contributed by atoms with Crippen molar-refractivity contribution >= 4 is 5.97 Å². The zero-order chi connectivity index (χ0) is 22.6. The molecule has 1 heterocycles. The van der Waals surface area contributed by atoms with Crippen molar-refractivity contribution in [3.8, 4) is 0 Å². The lowest BCUT2D eigenvalue weighted by Crippen LogP contribution is -2.44. The number of aromatic nitrogens is 2. The molecule has 0 aliphatic heterocycles. The van der Waals surface area contributed by atoms with Crippen LogP contribution in [-0.2, 0) is 23.2 Å². The predicted octanol–water partition coefficient (Wildman–Crippen LogP) is 4.47. The number of carboxylic acids is 1. The van der Waals surface area contributed by atoms with Gasteiger partial charge in [-0.05, 0) is 40.3 Å². The lowest BCUT2D eigenvalue weighted by atomic mass is 9.59. The van der Waals surface area contributed by atoms with Crippen molar-refractivity contribution in [2.24, 2.45) is 11.1 Å². The number of carbonyl (C=O) groups is 1. The molecule has 0 fully saturated rings. The second kappa shape index (κ2) is 8.94. The van der Waals surface area contributed by atoms with E-state index in [9.17, 15) is 14.3 Å². The van der Waals surface area contributed by atoms with Crippen molar-refractivity contribution in [3.05, 3.63) is 94.8 Å². The number of halogens is 1. The molecule has 0 saturated heterocycles. The molecule has 0 saturated carbocycles. The minimum atomic E-state index is -0.965. The molecule has 3 aromatic rings. The Morgan fingerprint density at radius 1 is 1.00 bits per heavy atom. The monoisotopic (exact) mass is 421 g/mol. The van der Waals surface area contributed by atoms with Crippen LogP contribution in [0.3, 0.4) is 0 Å². The Morgan fingerprint density at radius 2 is 1.61 bits per heavy atom. The van der Waals surface area contributed by atoms with E-state index in [4.69, 9.17) is 10.7 Å². The number of carboxylic acid groups (broad SMARTS) is 1. The molecule has 3 N–H and O–H groups in total. The molecule has 0 spiro atoms. The standard InChI is InChI=1S/C25H28FN3O2/c1-24(2,3)25(15-23(30)31,19-8-10-20(26)11-9-19)21-12-13-28-22(29-21)14-17-4-6-18(16-27)7-5-17/h4-13H,14-16,27H2,1-3H3,(H,30,31). The van der Waals surface area contributed by atoms with Gasteiger partial charge in [-0.3, -0.25) is 4.79 Å². The zero-order valence-electron chi connectivity index (χ0n) is 18.1. The molecule has 0 aliphatic carbocycles. The molecule has 0 amide bonds. The molecule has 0 radical (unpaired) electrons. The molecular formula is C25H28FN3O2. The summed E-state index contributed by atoms with van der Waals surface area (Å²) in [7, 11) is 0. The third kappa shape index (κ3) is 4.80. The van der Waals surface area contributed by atoms with Crippen molar-refractivity contribution in [1.29, 1.82) is 0 Å². The quantitative estimate of drug-likeness (QED) is 0.587. The van der Waals surface area contributed by atoms with Gasteiger partial charge in [0.15, 0.2) is 0 Å². The Kier molecular flexibility index (Phi) is 6.51. The predicted molar refractivity (Wildman–Crippen MR) is 118 cm³/mol. The highest BCUT2D eigenvalue weighted by Crippen LogP contribution is 2.48. The first-order valence-electron chi connectivity index (χ1n) is 10.2. The minimum absolute atomic E-state index is 0.177. The van der Waals surface area contributed by atoms with Gasteiger partial charge in [0, 0.05) is 19.2 Å². The summed E-state index contributed by atoms with van der Waals surface area (Å²) in [6.45, 7) is 6.42. The van der Waals surface area contributed by atoms with Crippen LogP contribution in [0.5, 0.6) is 0 Å². The molecule has 3 rings (SSSR count). The van der Waals surface area contributed by atoms with Crippen molar-refractivity contribution < 1.29 is 14.3 Å². The Labute approximate surface area is 182 Å². The molecule has 1 unspecified atom stereocenters. The zero-order valence-corrected chi connectivity index (χ0v) is 18.1. The summed E-state index contributed by atoms with van der Waals surface area (Å²) in [6, 6.07) is 15.7. The van der Waals surface area contributed by atoms with E-state index in [-0.39, 0.29) is 12.2 Å². The van der Waals surface area contributed by atoms with Gasteiger partial charge in [0.1, 0.15) is 11.6 Å². The Balaban J connectivity index is 2.11. The number of nitrogens with two attached hydrogens (primary N) is 1. The van der Waals surface area contributed by atoms with Crippen LogP contribution in [0.4, 0.5) is 4.39 Å². The first-order chi connectivity index (χ1) is 14.7. The van der Waals surface area contributed by atoms with Crippen molar-refractivity contribution in [1.82, 2.24) is 9.97 Å². The Hall–Kier alpha value is -3.12. The van der Waals surface area contributed by atoms with Gasteiger partial charge in [0.25, 0.3) is 0 Å². The van der Waals surface area contributed by atoms with E-state index < -0.39 is 16.8 Å². The van der Waals surface area contributed by atoms with E-state index in [1.807, 2.05) is 45.0 Å². The highest BCUT2D eigenvalue weighted by atomic mass is 19.1. The van der Waals surface area contributed by atoms with Crippen LogP contribution in [0.2, 0.25) is 0 Å². The fourth-order valence-corrected chi connectivity index (χ4v) is 4.08. The molecule has 6 heteroatoms. The Morgan fingerprint density at radius 3 is 2.16 bits per heavy atom. The van der Waals surface area contributed by atoms with Gasteiger partial charge in [-0.2, -0.15) is 0 Å². The number of hydrogen-bond acceptors (Lipinski definition) is 4. The lowest BCUT2D eigenvalue weighted by Gasteiger charge is -2.44. The maximum Gasteiger partial charge on any atom is 0.304 e. The third-order valence-corrected chi connectivity index (χ3v) is 5.80. The first kappa shape index (κ1) is 22.6. The van der Waals surface area contributed by atoms with Gasteiger partial charge in [-0.15, -0.1) is 0 Å². The van der Waals surface area contributed by atoms with Crippen molar-refractivity contribution in [2.75, 3.05) is 0 Å². The fraction of sp³-hybridized carbons (Fsp3) is 0.320. The summed E-state index contributed by atoms with van der Waals surface area (Å²) < 4.78 is 13.6. The van der Waals surface area contributed by atoms with Gasteiger partial charge in [0.2, 0.25) is 0 Å². The molecule has 31 heavy (non-hydrogen) atoms. The number of nitrogens with zero attached hydrogens (tertiary/aromatic N) is 2. The fourth-order valence-electron chi connectivity index (χ4n) is 4.08. The average Bonchev–Trinajstić information content (AvgIpc) is 2.72. The normalized spacial score (nSPS) is 13.6. The van der Waals surface area contributed by atoms with E-state index in [0.29, 0.717) is 30.0 Å². The summed E-state index contributed by atoms with van der Waals surface area (Å²) in [5.74, 6) is -0.720. The second-order valence-electron chi connectivity index (χ2n) is 8.79. The molecule has 1 atom stereocenters. The molecule has 0 bridgehead atoms. The van der Waals surface area contributed by atoms with E-state index >= 15 is 0 Å². The van der Waals surface area contributed by atoms with Gasteiger partial charge in [-0.1, -0.05) is 57.2 Å². The molecular weight excluding hydrogens is 393 g/mol. The smallest absolute Gasteiger partial charge is 0.304 e. The summed E-state index contributed by atoms with van der Waals surface area (Å²) in [5, 5.41) is 9.82. The van der Waals surface area contributed by atoms with Crippen molar-refractivity contribution in [3.63, 3.8) is 0 Å². The van der Waals surface area contributed by atoms with Gasteiger partial charge in [0.05, 0.1) is 17.5 Å². The van der Waals surface area contributed by atoms with E-state index in [2.05, 4.69) is 4.98 Å². The van der Waals surface area contributed by atoms with Crippen LogP contribution in [0, 0.1) is 11.2 Å². The van der Waals surface area contributed by atoms with Gasteiger partial charge >= 0.3 is 5.97 Å². The topological polar surface area (TPSA) is 89.1 Å². The molecule has 5 nitrogen and oxygen atoms in total. The maximum absolute atomic E-state index is 13.6. The largest absolute Gasteiger partial charge is 0.481 e. The third-order valence-electron chi connectivity index (χ3n) is 5.80. The summed E-state index contributed by atoms with van der Waals surface area (Å²) >= 11 is 0. The molecule has 1 aromatic heterocycles. The average molecular weight is 422 g/mol. The summed E-state index contributed by atoms with van der Waals surface area (Å²) in [4.78, 5) is 21.2. The number of aliphatic carboxylic acids is 1.